The second-order valence-electron chi connectivity index (χ2n) is 7.12. The zero-order chi connectivity index (χ0) is 17.3. The lowest BCUT2D eigenvalue weighted by Crippen LogP contribution is -2.48. The molecule has 0 bridgehead atoms. The van der Waals surface area contributed by atoms with Gasteiger partial charge in [0.1, 0.15) is 5.82 Å². The van der Waals surface area contributed by atoms with Crippen LogP contribution in [0.4, 0.5) is 11.8 Å². The monoisotopic (exact) mass is 331 g/mol. The number of rotatable bonds is 4. The maximum absolute atomic E-state index is 12.3. The standard InChI is InChI=1S/C18H29N5O/c1-5-17(24)22-10-6-8-14(22)15-9-7-11-23(15)18-19-13(2)12-16(20-18)21(3)4/h12,14-15H,5-11H2,1-4H3/t14-,15-/m1/s1. The Morgan fingerprint density at radius 3 is 2.62 bits per heavy atom. The number of aromatic nitrogens is 2. The molecule has 3 heterocycles. The summed E-state index contributed by atoms with van der Waals surface area (Å²) in [6, 6.07) is 2.67. The molecule has 2 atom stereocenters. The van der Waals surface area contributed by atoms with Crippen molar-refractivity contribution in [2.45, 2.75) is 58.0 Å². The molecule has 2 saturated heterocycles. The maximum atomic E-state index is 12.3. The molecule has 24 heavy (non-hydrogen) atoms. The van der Waals surface area contributed by atoms with E-state index in [1.807, 2.05) is 38.9 Å². The van der Waals surface area contributed by atoms with E-state index >= 15 is 0 Å². The molecular formula is C18H29N5O. The lowest BCUT2D eigenvalue weighted by Gasteiger charge is -2.35. The molecule has 0 spiro atoms. The summed E-state index contributed by atoms with van der Waals surface area (Å²) in [5.41, 5.74) is 0.988. The first-order valence-electron chi connectivity index (χ1n) is 9.10. The highest BCUT2D eigenvalue weighted by Gasteiger charge is 2.40. The van der Waals surface area contributed by atoms with Crippen molar-refractivity contribution in [2.24, 2.45) is 0 Å². The number of likely N-dealkylation sites (tertiary alicyclic amines) is 1. The Morgan fingerprint density at radius 2 is 1.92 bits per heavy atom. The molecule has 1 aromatic rings. The Balaban J connectivity index is 1.87. The van der Waals surface area contributed by atoms with Gasteiger partial charge in [-0.3, -0.25) is 4.79 Å². The molecule has 0 radical (unpaired) electrons. The zero-order valence-electron chi connectivity index (χ0n) is 15.3. The molecule has 2 aliphatic heterocycles. The van der Waals surface area contributed by atoms with Crippen LogP contribution in [0, 0.1) is 6.92 Å². The van der Waals surface area contributed by atoms with Crippen molar-refractivity contribution in [3.8, 4) is 0 Å². The van der Waals surface area contributed by atoms with E-state index < -0.39 is 0 Å². The predicted octanol–water partition coefficient (Wildman–Crippen LogP) is 2.22. The normalized spacial score (nSPS) is 23.8. The first kappa shape index (κ1) is 17.0. The molecule has 6 heteroatoms. The lowest BCUT2D eigenvalue weighted by atomic mass is 10.0. The van der Waals surface area contributed by atoms with Gasteiger partial charge in [0.05, 0.1) is 12.1 Å². The Bertz CT molecular complexity index is 603. The number of carbonyl (C=O) groups excluding carboxylic acids is 1. The Kier molecular flexibility index (Phi) is 4.92. The summed E-state index contributed by atoms with van der Waals surface area (Å²) >= 11 is 0. The van der Waals surface area contributed by atoms with Gasteiger partial charge in [-0.15, -0.1) is 0 Å². The van der Waals surface area contributed by atoms with Gasteiger partial charge in [-0.25, -0.2) is 4.98 Å². The van der Waals surface area contributed by atoms with Gasteiger partial charge < -0.3 is 14.7 Å². The molecule has 2 aliphatic rings. The highest BCUT2D eigenvalue weighted by atomic mass is 16.2. The van der Waals surface area contributed by atoms with Gasteiger partial charge in [0.15, 0.2) is 0 Å². The van der Waals surface area contributed by atoms with Gasteiger partial charge in [-0.05, 0) is 32.6 Å². The van der Waals surface area contributed by atoms with Crippen LogP contribution in [0.5, 0.6) is 0 Å². The van der Waals surface area contributed by atoms with E-state index in [0.717, 1.165) is 56.2 Å². The second-order valence-corrected chi connectivity index (χ2v) is 7.12. The topological polar surface area (TPSA) is 52.6 Å². The summed E-state index contributed by atoms with van der Waals surface area (Å²) < 4.78 is 0. The molecule has 3 rings (SSSR count). The van der Waals surface area contributed by atoms with Crippen LogP contribution in [0.1, 0.15) is 44.7 Å². The SMILES string of the molecule is CCC(=O)N1CCC[C@@H]1[C@H]1CCCN1c1nc(C)cc(N(C)C)n1. The first-order chi connectivity index (χ1) is 11.5. The van der Waals surface area contributed by atoms with Crippen molar-refractivity contribution in [3.05, 3.63) is 11.8 Å². The quantitative estimate of drug-likeness (QED) is 0.847. The highest BCUT2D eigenvalue weighted by molar-refractivity contribution is 5.76. The Morgan fingerprint density at radius 1 is 1.21 bits per heavy atom. The molecular weight excluding hydrogens is 302 g/mol. The summed E-state index contributed by atoms with van der Waals surface area (Å²) in [6.45, 7) is 5.86. The van der Waals surface area contributed by atoms with Gasteiger partial charge >= 0.3 is 0 Å². The number of carbonyl (C=O) groups is 1. The van der Waals surface area contributed by atoms with E-state index in [0.29, 0.717) is 18.5 Å². The number of aryl methyl sites for hydroxylation is 1. The van der Waals surface area contributed by atoms with Crippen LogP contribution in [-0.4, -0.2) is 60.0 Å². The zero-order valence-corrected chi connectivity index (χ0v) is 15.3. The molecule has 0 saturated carbocycles. The molecule has 6 nitrogen and oxygen atoms in total. The summed E-state index contributed by atoms with van der Waals surface area (Å²) in [5.74, 6) is 2.04. The van der Waals surface area contributed by atoms with Gasteiger partial charge in [0.2, 0.25) is 11.9 Å². The number of hydrogen-bond acceptors (Lipinski definition) is 5. The Hall–Kier alpha value is -1.85. The van der Waals surface area contributed by atoms with E-state index in [4.69, 9.17) is 9.97 Å². The van der Waals surface area contributed by atoms with Gasteiger partial charge in [0, 0.05) is 45.4 Å². The largest absolute Gasteiger partial charge is 0.363 e. The Labute approximate surface area is 144 Å². The van der Waals surface area contributed by atoms with Gasteiger partial charge in [-0.2, -0.15) is 4.98 Å². The van der Waals surface area contributed by atoms with Crippen molar-refractivity contribution >= 4 is 17.7 Å². The van der Waals surface area contributed by atoms with Crippen molar-refractivity contribution in [1.29, 1.82) is 0 Å². The minimum atomic E-state index is 0.281. The summed E-state index contributed by atoms with van der Waals surface area (Å²) in [6.07, 6.45) is 5.06. The second kappa shape index (κ2) is 6.95. The molecule has 0 aliphatic carbocycles. The number of hydrogen-bond donors (Lipinski definition) is 0. The molecule has 0 unspecified atom stereocenters. The van der Waals surface area contributed by atoms with Crippen molar-refractivity contribution in [3.63, 3.8) is 0 Å². The smallest absolute Gasteiger partial charge is 0.227 e. The van der Waals surface area contributed by atoms with Crippen LogP contribution in [0.15, 0.2) is 6.07 Å². The molecule has 1 aromatic heterocycles. The average molecular weight is 331 g/mol. The van der Waals surface area contributed by atoms with Gasteiger partial charge in [0.25, 0.3) is 0 Å². The predicted molar refractivity (Wildman–Crippen MR) is 96.5 cm³/mol. The minimum Gasteiger partial charge on any atom is -0.363 e. The molecule has 0 aromatic carbocycles. The van der Waals surface area contributed by atoms with Crippen LogP contribution in [0.2, 0.25) is 0 Å². The fourth-order valence-corrected chi connectivity index (χ4v) is 4.04. The van der Waals surface area contributed by atoms with Crippen LogP contribution >= 0.6 is 0 Å². The fourth-order valence-electron chi connectivity index (χ4n) is 4.04. The van der Waals surface area contributed by atoms with Crippen molar-refractivity contribution in [1.82, 2.24) is 14.9 Å². The summed E-state index contributed by atoms with van der Waals surface area (Å²) in [7, 11) is 4.01. The van der Waals surface area contributed by atoms with Crippen LogP contribution in [0.3, 0.4) is 0 Å². The molecule has 132 valence electrons. The number of anilines is 2. The first-order valence-corrected chi connectivity index (χ1v) is 9.10. The minimum absolute atomic E-state index is 0.281. The van der Waals surface area contributed by atoms with E-state index in [2.05, 4.69) is 9.80 Å². The van der Waals surface area contributed by atoms with E-state index in [1.165, 1.54) is 0 Å². The third-order valence-electron chi connectivity index (χ3n) is 5.21. The number of amides is 1. The van der Waals surface area contributed by atoms with E-state index in [1.54, 1.807) is 0 Å². The van der Waals surface area contributed by atoms with Crippen LogP contribution < -0.4 is 9.80 Å². The van der Waals surface area contributed by atoms with Crippen molar-refractivity contribution in [2.75, 3.05) is 37.0 Å². The molecule has 2 fully saturated rings. The van der Waals surface area contributed by atoms with E-state index in [9.17, 15) is 4.79 Å². The molecule has 1 amide bonds. The van der Waals surface area contributed by atoms with E-state index in [-0.39, 0.29) is 5.91 Å². The fraction of sp³-hybridized carbons (Fsp3) is 0.722. The highest BCUT2D eigenvalue weighted by Crippen LogP contribution is 2.33. The van der Waals surface area contributed by atoms with Crippen molar-refractivity contribution < 1.29 is 4.79 Å². The van der Waals surface area contributed by atoms with Gasteiger partial charge in [-0.1, -0.05) is 6.92 Å². The summed E-state index contributed by atoms with van der Waals surface area (Å²) in [4.78, 5) is 28.2. The third kappa shape index (κ3) is 3.19. The third-order valence-corrected chi connectivity index (χ3v) is 5.21. The number of nitrogens with zero attached hydrogens (tertiary/aromatic N) is 5. The lowest BCUT2D eigenvalue weighted by molar-refractivity contribution is -0.132. The van der Waals surface area contributed by atoms with Crippen LogP contribution in [-0.2, 0) is 4.79 Å². The maximum Gasteiger partial charge on any atom is 0.227 e. The summed E-state index contributed by atoms with van der Waals surface area (Å²) in [5, 5.41) is 0. The molecule has 0 N–H and O–H groups in total. The average Bonchev–Trinajstić information content (AvgIpc) is 3.21. The van der Waals surface area contributed by atoms with Crippen LogP contribution in [0.25, 0.3) is 0 Å².